The molecule has 0 aliphatic heterocycles. The van der Waals surface area contributed by atoms with Gasteiger partial charge in [0.1, 0.15) is 5.75 Å². The molecule has 0 aliphatic carbocycles. The van der Waals surface area contributed by atoms with Crippen LogP contribution in [0.5, 0.6) is 5.75 Å². The Morgan fingerprint density at radius 3 is 1.53 bits per heavy atom. The van der Waals surface area contributed by atoms with Gasteiger partial charge in [-0.2, -0.15) is 0 Å². The molecular formula is C52H80O3. The molecule has 0 fully saturated rings. The van der Waals surface area contributed by atoms with E-state index in [9.17, 15) is 4.79 Å². The van der Waals surface area contributed by atoms with Gasteiger partial charge in [0.05, 0.1) is 11.7 Å². The molecule has 0 saturated heterocycles. The third-order valence-electron chi connectivity index (χ3n) is 11.6. The van der Waals surface area contributed by atoms with Crippen LogP contribution >= 0.6 is 0 Å². The molecule has 3 rings (SSSR count). The summed E-state index contributed by atoms with van der Waals surface area (Å²) in [7, 11) is 0. The lowest BCUT2D eigenvalue weighted by molar-refractivity contribution is 0.0627. The molecule has 2 unspecified atom stereocenters. The van der Waals surface area contributed by atoms with Crippen molar-refractivity contribution in [3.63, 3.8) is 0 Å². The molecule has 0 aliphatic rings. The van der Waals surface area contributed by atoms with Crippen LogP contribution in [0.2, 0.25) is 0 Å². The Balaban J connectivity index is 1.36. The van der Waals surface area contributed by atoms with Crippen molar-refractivity contribution < 1.29 is 14.3 Å². The van der Waals surface area contributed by atoms with Crippen molar-refractivity contribution in [1.82, 2.24) is 0 Å². The summed E-state index contributed by atoms with van der Waals surface area (Å²) in [5, 5.41) is 0. The predicted molar refractivity (Wildman–Crippen MR) is 237 cm³/mol. The Morgan fingerprint density at radius 2 is 1.00 bits per heavy atom. The quantitative estimate of drug-likeness (QED) is 0.0353. The molecule has 0 bridgehead atoms. The number of ether oxygens (including phenoxy) is 2. The number of unbranched alkanes of at least 4 members (excludes halogenated alkanes) is 21. The lowest BCUT2D eigenvalue weighted by Gasteiger charge is -2.21. The van der Waals surface area contributed by atoms with E-state index in [-0.39, 0.29) is 12.1 Å². The molecule has 3 heteroatoms. The van der Waals surface area contributed by atoms with Crippen molar-refractivity contribution in [2.24, 2.45) is 0 Å². The van der Waals surface area contributed by atoms with Gasteiger partial charge in [-0.25, -0.2) is 4.79 Å². The minimum atomic E-state index is -0.330. The molecule has 0 spiro atoms. The standard InChI is InChI=1S/C52H80O3/c1-5-8-10-12-14-16-17-18-19-20-22-24-26-30-43-54-44(4)45-39-41-49(42-40-45)55-52(53)48-37-35-47(36-38-48)51-34-29-28-33-50(51)46(31-7-3)32-27-25-23-21-15-13-11-9-6-2/h28-29,33-42,44,46H,5-27,30-32,43H2,1-4H3. The Labute approximate surface area is 338 Å². The highest BCUT2D eigenvalue weighted by Gasteiger charge is 2.17. The molecule has 0 amide bonds. The van der Waals surface area contributed by atoms with E-state index in [0.29, 0.717) is 17.2 Å². The van der Waals surface area contributed by atoms with Gasteiger partial charge in [0, 0.05) is 6.61 Å². The van der Waals surface area contributed by atoms with Gasteiger partial charge in [0.25, 0.3) is 0 Å². The zero-order valence-electron chi connectivity index (χ0n) is 35.9. The largest absolute Gasteiger partial charge is 0.423 e. The Morgan fingerprint density at radius 1 is 0.509 bits per heavy atom. The fourth-order valence-corrected chi connectivity index (χ4v) is 8.03. The normalized spacial score (nSPS) is 12.5. The highest BCUT2D eigenvalue weighted by molar-refractivity contribution is 5.91. The first-order valence-corrected chi connectivity index (χ1v) is 23.2. The molecule has 55 heavy (non-hydrogen) atoms. The Bertz CT molecular complexity index is 1360. The molecule has 0 saturated carbocycles. The minimum Gasteiger partial charge on any atom is -0.423 e. The summed E-state index contributed by atoms with van der Waals surface area (Å²) < 4.78 is 11.9. The summed E-state index contributed by atoms with van der Waals surface area (Å²) in [6, 6.07) is 24.7. The summed E-state index contributed by atoms with van der Waals surface area (Å²) in [4.78, 5) is 13.1. The van der Waals surface area contributed by atoms with Crippen LogP contribution in [-0.4, -0.2) is 12.6 Å². The van der Waals surface area contributed by atoms with Gasteiger partial charge in [-0.1, -0.05) is 217 Å². The number of benzene rings is 3. The van der Waals surface area contributed by atoms with Crippen LogP contribution in [0.3, 0.4) is 0 Å². The van der Waals surface area contributed by atoms with Crippen molar-refractivity contribution >= 4 is 5.97 Å². The summed E-state index contributed by atoms with van der Waals surface area (Å²) in [5.41, 5.74) is 5.56. The SMILES string of the molecule is CCCCCCCCCCCCCCCCOC(C)c1ccc(OC(=O)c2ccc(-c3ccccc3C(CCC)CCCCCCCCCCC)cc2)cc1. The van der Waals surface area contributed by atoms with Crippen LogP contribution in [0, 0.1) is 0 Å². The molecule has 306 valence electrons. The maximum atomic E-state index is 13.1. The highest BCUT2D eigenvalue weighted by Crippen LogP contribution is 2.35. The van der Waals surface area contributed by atoms with Crippen molar-refractivity contribution in [2.75, 3.05) is 6.61 Å². The molecule has 3 nitrogen and oxygen atoms in total. The van der Waals surface area contributed by atoms with Crippen molar-refractivity contribution in [1.29, 1.82) is 0 Å². The minimum absolute atomic E-state index is 0.0178. The third-order valence-corrected chi connectivity index (χ3v) is 11.6. The zero-order chi connectivity index (χ0) is 39.2. The molecule has 3 aromatic carbocycles. The third kappa shape index (κ3) is 19.7. The van der Waals surface area contributed by atoms with E-state index >= 15 is 0 Å². The zero-order valence-corrected chi connectivity index (χ0v) is 35.9. The Hall–Kier alpha value is -2.91. The lowest BCUT2D eigenvalue weighted by atomic mass is 9.84. The number of esters is 1. The van der Waals surface area contributed by atoms with Gasteiger partial charge in [-0.05, 0) is 78.6 Å². The monoisotopic (exact) mass is 753 g/mol. The summed E-state index contributed by atoms with van der Waals surface area (Å²) in [6.45, 7) is 9.77. The number of carbonyl (C=O) groups is 1. The second-order valence-corrected chi connectivity index (χ2v) is 16.3. The van der Waals surface area contributed by atoms with Gasteiger partial charge >= 0.3 is 5.97 Å². The first kappa shape index (κ1) is 46.5. The molecule has 0 N–H and O–H groups in total. The van der Waals surface area contributed by atoms with Gasteiger partial charge in [0.15, 0.2) is 0 Å². The first-order valence-electron chi connectivity index (χ1n) is 23.2. The lowest BCUT2D eigenvalue weighted by Crippen LogP contribution is -2.08. The van der Waals surface area contributed by atoms with Gasteiger partial charge < -0.3 is 9.47 Å². The van der Waals surface area contributed by atoms with Crippen LogP contribution in [0.15, 0.2) is 72.8 Å². The van der Waals surface area contributed by atoms with Crippen molar-refractivity contribution in [2.45, 2.75) is 207 Å². The predicted octanol–water partition coefficient (Wildman–Crippen LogP) is 16.9. The molecule has 3 aromatic rings. The van der Waals surface area contributed by atoms with E-state index in [2.05, 4.69) is 64.1 Å². The fourth-order valence-electron chi connectivity index (χ4n) is 8.03. The first-order chi connectivity index (χ1) is 27.1. The molecule has 0 heterocycles. The summed E-state index contributed by atoms with van der Waals surface area (Å²) in [5.74, 6) is 0.792. The summed E-state index contributed by atoms with van der Waals surface area (Å²) in [6.07, 6.45) is 35.0. The van der Waals surface area contributed by atoms with E-state index in [1.807, 2.05) is 36.4 Å². The summed E-state index contributed by atoms with van der Waals surface area (Å²) >= 11 is 0. The maximum Gasteiger partial charge on any atom is 0.343 e. The smallest absolute Gasteiger partial charge is 0.343 e. The van der Waals surface area contributed by atoms with Crippen LogP contribution in [-0.2, 0) is 4.74 Å². The second-order valence-electron chi connectivity index (χ2n) is 16.3. The van der Waals surface area contributed by atoms with E-state index in [4.69, 9.17) is 9.47 Å². The molecule has 2 atom stereocenters. The number of carbonyl (C=O) groups excluding carboxylic acids is 1. The highest BCUT2D eigenvalue weighted by atomic mass is 16.5. The van der Waals surface area contributed by atoms with E-state index in [1.165, 1.54) is 172 Å². The Kier molecular flexibility index (Phi) is 25.6. The van der Waals surface area contributed by atoms with Crippen molar-refractivity contribution in [3.8, 4) is 16.9 Å². The fraction of sp³-hybridized carbons (Fsp3) is 0.635. The van der Waals surface area contributed by atoms with Crippen LogP contribution in [0.1, 0.15) is 228 Å². The van der Waals surface area contributed by atoms with E-state index in [1.54, 1.807) is 0 Å². The van der Waals surface area contributed by atoms with E-state index in [0.717, 1.165) is 24.2 Å². The average Bonchev–Trinajstić information content (AvgIpc) is 3.21. The molecular weight excluding hydrogens is 673 g/mol. The van der Waals surface area contributed by atoms with E-state index < -0.39 is 0 Å². The van der Waals surface area contributed by atoms with Crippen LogP contribution in [0.25, 0.3) is 11.1 Å². The van der Waals surface area contributed by atoms with Crippen LogP contribution in [0.4, 0.5) is 0 Å². The second kappa shape index (κ2) is 30.3. The van der Waals surface area contributed by atoms with Gasteiger partial charge in [0.2, 0.25) is 0 Å². The van der Waals surface area contributed by atoms with Gasteiger partial charge in [-0.3, -0.25) is 0 Å². The topological polar surface area (TPSA) is 35.5 Å². The van der Waals surface area contributed by atoms with Crippen molar-refractivity contribution in [3.05, 3.63) is 89.5 Å². The number of hydrogen-bond acceptors (Lipinski definition) is 3. The number of rotatable bonds is 33. The molecule has 0 radical (unpaired) electrons. The van der Waals surface area contributed by atoms with Gasteiger partial charge in [-0.15, -0.1) is 0 Å². The number of hydrogen-bond donors (Lipinski definition) is 0. The average molecular weight is 753 g/mol. The maximum absolute atomic E-state index is 13.1. The molecule has 0 aromatic heterocycles. The van der Waals surface area contributed by atoms with Crippen LogP contribution < -0.4 is 4.74 Å².